The molecule has 0 aromatic rings. The van der Waals surface area contributed by atoms with Crippen molar-refractivity contribution in [3.05, 3.63) is 0 Å². The SMILES string of the molecule is OCCCCCOCC1CCC(C#CC2CCC(O)C(F)C2)CC1. The van der Waals surface area contributed by atoms with Gasteiger partial charge in [0.05, 0.1) is 6.10 Å². The molecular formula is C20H33FO3. The van der Waals surface area contributed by atoms with E-state index in [-0.39, 0.29) is 12.5 Å². The van der Waals surface area contributed by atoms with Crippen LogP contribution in [-0.2, 0) is 4.74 Å². The Kier molecular flexibility index (Phi) is 9.09. The van der Waals surface area contributed by atoms with Crippen molar-refractivity contribution >= 4 is 0 Å². The summed E-state index contributed by atoms with van der Waals surface area (Å²) in [4.78, 5) is 0. The van der Waals surface area contributed by atoms with E-state index in [0.29, 0.717) is 24.7 Å². The molecule has 0 spiro atoms. The average molecular weight is 340 g/mol. The van der Waals surface area contributed by atoms with Gasteiger partial charge < -0.3 is 14.9 Å². The third-order valence-electron chi connectivity index (χ3n) is 5.38. The number of unbranched alkanes of at least 4 members (excludes halogenated alkanes) is 2. The molecule has 4 heteroatoms. The molecule has 0 bridgehead atoms. The summed E-state index contributed by atoms with van der Waals surface area (Å²) in [5.41, 5.74) is 0. The standard InChI is InChI=1S/C20H33FO3/c21-19-14-17(10-11-20(19)23)7-4-16-5-8-18(9-6-16)15-24-13-3-1-2-12-22/h16-20,22-23H,1-3,5-6,8-15H2. The van der Waals surface area contributed by atoms with Crippen molar-refractivity contribution in [3.63, 3.8) is 0 Å². The van der Waals surface area contributed by atoms with Crippen molar-refractivity contribution in [1.82, 2.24) is 0 Å². The molecule has 0 saturated heterocycles. The Morgan fingerprint density at radius 2 is 1.62 bits per heavy atom. The number of alkyl halides is 1. The minimum Gasteiger partial charge on any atom is -0.396 e. The molecule has 2 saturated carbocycles. The van der Waals surface area contributed by atoms with E-state index >= 15 is 0 Å². The van der Waals surface area contributed by atoms with Crippen LogP contribution < -0.4 is 0 Å². The fraction of sp³-hybridized carbons (Fsp3) is 0.900. The Bertz CT molecular complexity index is 395. The molecule has 2 N–H and O–H groups in total. The van der Waals surface area contributed by atoms with Crippen molar-refractivity contribution in [1.29, 1.82) is 0 Å². The number of rotatable bonds is 7. The highest BCUT2D eigenvalue weighted by molar-refractivity contribution is 5.09. The van der Waals surface area contributed by atoms with E-state index in [9.17, 15) is 9.50 Å². The van der Waals surface area contributed by atoms with Gasteiger partial charge in [0.1, 0.15) is 6.17 Å². The molecule has 138 valence electrons. The molecule has 3 unspecified atom stereocenters. The third kappa shape index (κ3) is 7.09. The molecular weight excluding hydrogens is 307 g/mol. The lowest BCUT2D eigenvalue weighted by atomic mass is 9.81. The maximum Gasteiger partial charge on any atom is 0.127 e. The minimum absolute atomic E-state index is 0.128. The maximum absolute atomic E-state index is 13.5. The number of aliphatic hydroxyl groups is 2. The van der Waals surface area contributed by atoms with E-state index in [1.165, 1.54) is 12.8 Å². The number of aliphatic hydroxyl groups excluding tert-OH is 2. The summed E-state index contributed by atoms with van der Waals surface area (Å²) in [6.45, 7) is 1.93. The second kappa shape index (κ2) is 11.1. The van der Waals surface area contributed by atoms with Gasteiger partial charge in [0.15, 0.2) is 0 Å². The van der Waals surface area contributed by atoms with Crippen molar-refractivity contribution in [3.8, 4) is 11.8 Å². The van der Waals surface area contributed by atoms with Gasteiger partial charge in [0.2, 0.25) is 0 Å². The molecule has 24 heavy (non-hydrogen) atoms. The summed E-state index contributed by atoms with van der Waals surface area (Å²) in [6.07, 6.45) is 7.44. The Morgan fingerprint density at radius 1 is 0.917 bits per heavy atom. The predicted octanol–water partition coefficient (Wildman–Crippen LogP) is 3.47. The summed E-state index contributed by atoms with van der Waals surface area (Å²) in [5.74, 6) is 7.89. The lowest BCUT2D eigenvalue weighted by molar-refractivity contribution is 0.0337. The number of halogens is 1. The first-order valence-corrected chi connectivity index (χ1v) is 9.70. The molecule has 0 radical (unpaired) electrons. The molecule has 0 aliphatic heterocycles. The van der Waals surface area contributed by atoms with Gasteiger partial charge in [-0.25, -0.2) is 4.39 Å². The molecule has 0 aromatic carbocycles. The van der Waals surface area contributed by atoms with Crippen molar-refractivity contribution in [2.45, 2.75) is 76.5 Å². The molecule has 0 heterocycles. The van der Waals surface area contributed by atoms with Crippen LogP contribution in [0.3, 0.4) is 0 Å². The normalized spacial score (nSPS) is 33.7. The Hall–Kier alpha value is -0.630. The fourth-order valence-corrected chi connectivity index (χ4v) is 3.68. The summed E-state index contributed by atoms with van der Waals surface area (Å²) in [7, 11) is 0. The third-order valence-corrected chi connectivity index (χ3v) is 5.38. The van der Waals surface area contributed by atoms with E-state index in [1.54, 1.807) is 0 Å². The lowest BCUT2D eigenvalue weighted by Gasteiger charge is -2.27. The van der Waals surface area contributed by atoms with Gasteiger partial charge in [-0.1, -0.05) is 11.8 Å². The summed E-state index contributed by atoms with van der Waals surface area (Å²) in [6, 6.07) is 0. The monoisotopic (exact) mass is 340 g/mol. The van der Waals surface area contributed by atoms with Crippen LogP contribution >= 0.6 is 0 Å². The van der Waals surface area contributed by atoms with Crippen LogP contribution in [0, 0.1) is 29.6 Å². The largest absolute Gasteiger partial charge is 0.396 e. The minimum atomic E-state index is -1.09. The van der Waals surface area contributed by atoms with Crippen LogP contribution in [0.2, 0.25) is 0 Å². The topological polar surface area (TPSA) is 49.7 Å². The average Bonchev–Trinajstić information content (AvgIpc) is 2.60. The van der Waals surface area contributed by atoms with Crippen LogP contribution in [-0.4, -0.2) is 42.3 Å². The highest BCUT2D eigenvalue weighted by atomic mass is 19.1. The molecule has 3 nitrogen and oxygen atoms in total. The lowest BCUT2D eigenvalue weighted by Crippen LogP contribution is -2.30. The Morgan fingerprint density at radius 3 is 2.33 bits per heavy atom. The maximum atomic E-state index is 13.5. The predicted molar refractivity (Wildman–Crippen MR) is 93.2 cm³/mol. The molecule has 2 aliphatic carbocycles. The van der Waals surface area contributed by atoms with Crippen molar-refractivity contribution in [2.24, 2.45) is 17.8 Å². The highest BCUT2D eigenvalue weighted by Crippen LogP contribution is 2.30. The van der Waals surface area contributed by atoms with Gasteiger partial charge in [-0.3, -0.25) is 0 Å². The smallest absolute Gasteiger partial charge is 0.127 e. The molecule has 2 fully saturated rings. The van der Waals surface area contributed by atoms with E-state index in [4.69, 9.17) is 9.84 Å². The summed E-state index contributed by atoms with van der Waals surface area (Å²) in [5, 5.41) is 18.1. The zero-order valence-corrected chi connectivity index (χ0v) is 14.8. The van der Waals surface area contributed by atoms with Gasteiger partial charge in [-0.2, -0.15) is 0 Å². The zero-order chi connectivity index (χ0) is 17.2. The van der Waals surface area contributed by atoms with Gasteiger partial charge in [0.25, 0.3) is 0 Å². The Balaban J connectivity index is 1.57. The van der Waals surface area contributed by atoms with Crippen LogP contribution in [0.1, 0.15) is 64.2 Å². The molecule has 2 aliphatic rings. The van der Waals surface area contributed by atoms with E-state index in [2.05, 4.69) is 11.8 Å². The first kappa shape index (κ1) is 19.7. The van der Waals surface area contributed by atoms with Crippen LogP contribution in [0.5, 0.6) is 0 Å². The first-order chi connectivity index (χ1) is 11.7. The van der Waals surface area contributed by atoms with E-state index in [0.717, 1.165) is 51.7 Å². The second-order valence-corrected chi connectivity index (χ2v) is 7.46. The first-order valence-electron chi connectivity index (χ1n) is 9.70. The molecule has 3 atom stereocenters. The highest BCUT2D eigenvalue weighted by Gasteiger charge is 2.28. The van der Waals surface area contributed by atoms with Gasteiger partial charge in [-0.15, -0.1) is 0 Å². The number of hydrogen-bond acceptors (Lipinski definition) is 3. The van der Waals surface area contributed by atoms with E-state index < -0.39 is 12.3 Å². The number of ether oxygens (including phenoxy) is 1. The molecule has 0 aromatic heterocycles. The van der Waals surface area contributed by atoms with Gasteiger partial charge >= 0.3 is 0 Å². The van der Waals surface area contributed by atoms with Crippen molar-refractivity contribution < 1.29 is 19.3 Å². The number of hydrogen-bond donors (Lipinski definition) is 2. The quantitative estimate of drug-likeness (QED) is 0.551. The fourth-order valence-electron chi connectivity index (χ4n) is 3.68. The molecule has 0 amide bonds. The van der Waals surface area contributed by atoms with Gasteiger partial charge in [0, 0.05) is 31.7 Å². The Labute approximate surface area is 146 Å². The van der Waals surface area contributed by atoms with Crippen LogP contribution in [0.15, 0.2) is 0 Å². The van der Waals surface area contributed by atoms with Crippen LogP contribution in [0.25, 0.3) is 0 Å². The summed E-state index contributed by atoms with van der Waals surface area (Å²) >= 11 is 0. The summed E-state index contributed by atoms with van der Waals surface area (Å²) < 4.78 is 19.3. The molecule has 2 rings (SSSR count). The van der Waals surface area contributed by atoms with Crippen molar-refractivity contribution in [2.75, 3.05) is 19.8 Å². The zero-order valence-electron chi connectivity index (χ0n) is 14.8. The van der Waals surface area contributed by atoms with Gasteiger partial charge in [-0.05, 0) is 70.1 Å². The van der Waals surface area contributed by atoms with Crippen LogP contribution in [0.4, 0.5) is 4.39 Å². The van der Waals surface area contributed by atoms with E-state index in [1.807, 2.05) is 0 Å². The second-order valence-electron chi connectivity index (χ2n) is 7.46.